The van der Waals surface area contributed by atoms with Crippen molar-refractivity contribution in [2.24, 2.45) is 0 Å². The highest BCUT2D eigenvalue weighted by Gasteiger charge is 2.32. The molecule has 0 spiro atoms. The van der Waals surface area contributed by atoms with Crippen LogP contribution in [-0.4, -0.2) is 52.3 Å². The fourth-order valence-corrected chi connectivity index (χ4v) is 5.87. The number of carbonyl (C=O) groups is 1. The number of aryl methyl sites for hydroxylation is 1. The first-order valence-corrected chi connectivity index (χ1v) is 13.1. The second-order valence-corrected chi connectivity index (χ2v) is 9.89. The number of rotatable bonds is 9. The first-order valence-electron chi connectivity index (χ1n) is 13.1. The van der Waals surface area contributed by atoms with E-state index in [-0.39, 0.29) is 18.0 Å². The van der Waals surface area contributed by atoms with Gasteiger partial charge < -0.3 is 24.3 Å². The molecule has 0 aromatic heterocycles. The summed E-state index contributed by atoms with van der Waals surface area (Å²) in [4.78, 5) is 15.6. The monoisotopic (exact) mass is 516 g/mol. The quantitative estimate of drug-likeness (QED) is 0.446. The highest BCUT2D eigenvalue weighted by atomic mass is 16.5. The molecule has 3 aromatic carbocycles. The van der Waals surface area contributed by atoms with Crippen LogP contribution in [0.2, 0.25) is 0 Å². The zero-order chi connectivity index (χ0) is 26.6. The lowest BCUT2D eigenvalue weighted by Gasteiger charge is -2.38. The van der Waals surface area contributed by atoms with E-state index in [2.05, 4.69) is 46.6 Å². The molecule has 1 unspecified atom stereocenters. The van der Waals surface area contributed by atoms with Crippen LogP contribution in [0.15, 0.2) is 54.6 Å². The molecule has 2 aliphatic rings. The Morgan fingerprint density at radius 1 is 0.816 bits per heavy atom. The van der Waals surface area contributed by atoms with E-state index >= 15 is 0 Å². The minimum atomic E-state index is -0.0155. The molecule has 2 atom stereocenters. The first-order chi connectivity index (χ1) is 18.5. The molecule has 38 heavy (non-hydrogen) atoms. The van der Waals surface area contributed by atoms with Crippen LogP contribution in [0.3, 0.4) is 0 Å². The molecular formula is C31H36N2O5. The molecule has 1 aliphatic carbocycles. The number of methoxy groups -OCH3 is 4. The van der Waals surface area contributed by atoms with Crippen molar-refractivity contribution in [2.75, 3.05) is 41.5 Å². The number of ether oxygens (including phenoxy) is 4. The number of hydrogen-bond acceptors (Lipinski definition) is 6. The summed E-state index contributed by atoms with van der Waals surface area (Å²) < 4.78 is 22.2. The number of nitrogens with one attached hydrogen (secondary N) is 1. The van der Waals surface area contributed by atoms with Crippen molar-refractivity contribution in [3.05, 3.63) is 82.4 Å². The van der Waals surface area contributed by atoms with Crippen LogP contribution in [0.5, 0.6) is 23.0 Å². The average molecular weight is 517 g/mol. The Labute approximate surface area is 224 Å². The van der Waals surface area contributed by atoms with Crippen molar-refractivity contribution in [2.45, 2.75) is 37.8 Å². The van der Waals surface area contributed by atoms with Crippen molar-refractivity contribution < 1.29 is 23.7 Å². The summed E-state index contributed by atoms with van der Waals surface area (Å²) in [5.74, 6) is 2.85. The van der Waals surface area contributed by atoms with Gasteiger partial charge in [0, 0.05) is 12.6 Å². The fraction of sp³-hybridized carbons (Fsp3) is 0.387. The highest BCUT2D eigenvalue weighted by Crippen LogP contribution is 2.40. The van der Waals surface area contributed by atoms with Gasteiger partial charge in [0.2, 0.25) is 5.91 Å². The number of carbonyl (C=O) groups excluding carboxylic acids is 1. The number of nitrogens with zero attached hydrogens (tertiary/aromatic N) is 1. The van der Waals surface area contributed by atoms with Gasteiger partial charge in [0.05, 0.1) is 41.0 Å². The molecule has 1 heterocycles. The molecule has 1 amide bonds. The molecule has 0 saturated heterocycles. The van der Waals surface area contributed by atoms with Gasteiger partial charge in [-0.15, -0.1) is 0 Å². The molecule has 0 bridgehead atoms. The third-order valence-corrected chi connectivity index (χ3v) is 7.81. The molecule has 7 nitrogen and oxygen atoms in total. The van der Waals surface area contributed by atoms with Gasteiger partial charge in [-0.1, -0.05) is 30.3 Å². The molecule has 1 aliphatic heterocycles. The number of fused-ring (bicyclic) bond motifs is 2. The van der Waals surface area contributed by atoms with Gasteiger partial charge in [0.1, 0.15) is 0 Å². The van der Waals surface area contributed by atoms with Crippen LogP contribution in [0, 0.1) is 0 Å². The van der Waals surface area contributed by atoms with E-state index in [0.717, 1.165) is 42.7 Å². The smallest absolute Gasteiger partial charge is 0.234 e. The molecule has 7 heteroatoms. The lowest BCUT2D eigenvalue weighted by Crippen LogP contribution is -2.44. The second-order valence-electron chi connectivity index (χ2n) is 9.89. The molecule has 1 N–H and O–H groups in total. The maximum Gasteiger partial charge on any atom is 0.234 e. The van der Waals surface area contributed by atoms with Gasteiger partial charge in [-0.25, -0.2) is 0 Å². The van der Waals surface area contributed by atoms with Gasteiger partial charge in [-0.3, -0.25) is 9.69 Å². The number of benzene rings is 3. The number of amides is 1. The summed E-state index contributed by atoms with van der Waals surface area (Å²) in [6.07, 6.45) is 3.49. The lowest BCUT2D eigenvalue weighted by molar-refractivity contribution is -0.123. The average Bonchev–Trinajstić information content (AvgIpc) is 3.35. The standard InChI is InChI=1S/C31H36N2O5/c1-35-27-12-9-20(16-28(27)36-2)15-26-24-18-30(38-4)29(37-3)17-22(24)13-14-33(26)19-31(34)32-25-11-10-21-7-5-6-8-23(21)25/h5-9,12,16-18,25-26H,10-11,13-15,19H2,1-4H3,(H,32,34)/t25-,26?/m0/s1. The molecule has 0 saturated carbocycles. The molecular weight excluding hydrogens is 480 g/mol. The van der Waals surface area contributed by atoms with Gasteiger partial charge in [0.15, 0.2) is 23.0 Å². The topological polar surface area (TPSA) is 69.3 Å². The maximum atomic E-state index is 13.4. The van der Waals surface area contributed by atoms with Crippen molar-refractivity contribution in [3.8, 4) is 23.0 Å². The maximum absolute atomic E-state index is 13.4. The minimum Gasteiger partial charge on any atom is -0.493 e. The zero-order valence-corrected chi connectivity index (χ0v) is 22.6. The predicted molar refractivity (Wildman–Crippen MR) is 146 cm³/mol. The molecule has 0 radical (unpaired) electrons. The van der Waals surface area contributed by atoms with E-state index in [1.807, 2.05) is 18.2 Å². The van der Waals surface area contributed by atoms with E-state index in [9.17, 15) is 4.79 Å². The van der Waals surface area contributed by atoms with Gasteiger partial charge in [-0.05, 0) is 77.8 Å². The van der Waals surface area contributed by atoms with Gasteiger partial charge in [-0.2, -0.15) is 0 Å². The SMILES string of the molecule is COc1ccc(CC2c3cc(OC)c(OC)cc3CCN2CC(=O)N[C@H]2CCc3ccccc32)cc1OC. The van der Waals surface area contributed by atoms with Gasteiger partial charge >= 0.3 is 0 Å². The van der Waals surface area contributed by atoms with Crippen LogP contribution in [0.4, 0.5) is 0 Å². The molecule has 3 aromatic rings. The second kappa shape index (κ2) is 11.4. The van der Waals surface area contributed by atoms with Crippen molar-refractivity contribution in [1.29, 1.82) is 0 Å². The summed E-state index contributed by atoms with van der Waals surface area (Å²) in [5.41, 5.74) is 6.04. The van der Waals surface area contributed by atoms with Gasteiger partial charge in [0.25, 0.3) is 0 Å². The minimum absolute atomic E-state index is 0.0155. The molecule has 5 rings (SSSR count). The van der Waals surface area contributed by atoms with E-state index in [4.69, 9.17) is 18.9 Å². The lowest BCUT2D eigenvalue weighted by atomic mass is 9.88. The number of hydrogen-bond donors (Lipinski definition) is 1. The molecule has 200 valence electrons. The molecule has 0 fully saturated rings. The Morgan fingerprint density at radius 2 is 1.53 bits per heavy atom. The Morgan fingerprint density at radius 3 is 2.29 bits per heavy atom. The first kappa shape index (κ1) is 25.9. The highest BCUT2D eigenvalue weighted by molar-refractivity contribution is 5.79. The van der Waals surface area contributed by atoms with Crippen molar-refractivity contribution >= 4 is 5.91 Å². The largest absolute Gasteiger partial charge is 0.493 e. The summed E-state index contributed by atoms with van der Waals surface area (Å²) in [7, 11) is 6.59. The van der Waals surface area contributed by atoms with Crippen LogP contribution in [-0.2, 0) is 24.1 Å². The Kier molecular flexibility index (Phi) is 7.74. The summed E-state index contributed by atoms with van der Waals surface area (Å²) in [6.45, 7) is 1.10. The Bertz CT molecular complexity index is 1310. The van der Waals surface area contributed by atoms with E-state index in [1.54, 1.807) is 28.4 Å². The van der Waals surface area contributed by atoms with Crippen LogP contribution < -0.4 is 24.3 Å². The normalized spacial score (nSPS) is 18.3. The zero-order valence-electron chi connectivity index (χ0n) is 22.6. The summed E-state index contributed by atoms with van der Waals surface area (Å²) in [6, 6.07) is 18.6. The van der Waals surface area contributed by atoms with Crippen LogP contribution in [0.1, 0.15) is 46.3 Å². The third kappa shape index (κ3) is 5.16. The van der Waals surface area contributed by atoms with Crippen molar-refractivity contribution in [1.82, 2.24) is 10.2 Å². The Hall–Kier alpha value is -3.71. The van der Waals surface area contributed by atoms with E-state index in [1.165, 1.54) is 16.7 Å². The summed E-state index contributed by atoms with van der Waals surface area (Å²) in [5, 5.41) is 3.30. The van der Waals surface area contributed by atoms with Crippen LogP contribution in [0.25, 0.3) is 0 Å². The third-order valence-electron chi connectivity index (χ3n) is 7.81. The Balaban J connectivity index is 1.42. The fourth-order valence-electron chi connectivity index (χ4n) is 5.87. The van der Waals surface area contributed by atoms with Crippen molar-refractivity contribution in [3.63, 3.8) is 0 Å². The van der Waals surface area contributed by atoms with E-state index in [0.29, 0.717) is 30.2 Å². The summed E-state index contributed by atoms with van der Waals surface area (Å²) >= 11 is 0. The van der Waals surface area contributed by atoms with Crippen LogP contribution >= 0.6 is 0 Å². The predicted octanol–water partition coefficient (Wildman–Crippen LogP) is 4.67. The van der Waals surface area contributed by atoms with E-state index < -0.39 is 0 Å².